The van der Waals surface area contributed by atoms with Gasteiger partial charge >= 0.3 is 0 Å². The smallest absolute Gasteiger partial charge is 0.0731 e. The fourth-order valence-corrected chi connectivity index (χ4v) is 2.83. The van der Waals surface area contributed by atoms with Crippen molar-refractivity contribution in [2.24, 2.45) is 18.9 Å². The monoisotopic (exact) mass is 222 g/mol. The molecule has 0 saturated heterocycles. The lowest BCUT2D eigenvalue weighted by atomic mass is 9.70. The molecule has 0 aliphatic heterocycles. The quantitative estimate of drug-likeness (QED) is 0.832. The summed E-state index contributed by atoms with van der Waals surface area (Å²) >= 11 is 0. The number of aryl methyl sites for hydroxylation is 1. The van der Waals surface area contributed by atoms with Crippen molar-refractivity contribution in [3.8, 4) is 0 Å². The molecule has 90 valence electrons. The van der Waals surface area contributed by atoms with Crippen molar-refractivity contribution in [1.29, 1.82) is 0 Å². The first kappa shape index (κ1) is 11.6. The minimum atomic E-state index is -0.550. The summed E-state index contributed by atoms with van der Waals surface area (Å²) in [5.41, 5.74) is 0.456. The van der Waals surface area contributed by atoms with Gasteiger partial charge < -0.3 is 5.11 Å². The number of nitrogens with zero attached hydrogens (tertiary/aromatic N) is 2. The van der Waals surface area contributed by atoms with Crippen LogP contribution in [0, 0.1) is 11.8 Å². The predicted molar refractivity (Wildman–Crippen MR) is 64.0 cm³/mol. The lowest BCUT2D eigenvalue weighted by Crippen LogP contribution is -2.43. The first-order chi connectivity index (χ1) is 7.49. The molecule has 1 aliphatic rings. The molecule has 1 N–H and O–H groups in total. The molecule has 0 radical (unpaired) electrons. The second-order valence-electron chi connectivity index (χ2n) is 5.55. The molecule has 0 aromatic carbocycles. The van der Waals surface area contributed by atoms with Crippen LogP contribution in [-0.4, -0.2) is 20.5 Å². The Morgan fingerprint density at radius 3 is 2.88 bits per heavy atom. The molecular formula is C13H22N2O. The van der Waals surface area contributed by atoms with E-state index in [0.29, 0.717) is 18.3 Å². The highest BCUT2D eigenvalue weighted by molar-refractivity contribution is 5.06. The Labute approximate surface area is 97.5 Å². The van der Waals surface area contributed by atoms with Gasteiger partial charge in [0.15, 0.2) is 0 Å². The van der Waals surface area contributed by atoms with E-state index in [-0.39, 0.29) is 0 Å². The molecule has 0 spiro atoms. The Hall–Kier alpha value is -0.830. The summed E-state index contributed by atoms with van der Waals surface area (Å²) in [7, 11) is 1.92. The molecule has 3 unspecified atom stereocenters. The largest absolute Gasteiger partial charge is 0.389 e. The van der Waals surface area contributed by atoms with Crippen molar-refractivity contribution in [2.75, 3.05) is 0 Å². The van der Waals surface area contributed by atoms with Crippen molar-refractivity contribution in [3.05, 3.63) is 18.0 Å². The number of aliphatic hydroxyl groups is 1. The number of hydrogen-bond donors (Lipinski definition) is 1. The van der Waals surface area contributed by atoms with Crippen LogP contribution in [0.1, 0.15) is 38.8 Å². The Bertz CT molecular complexity index is 361. The van der Waals surface area contributed by atoms with E-state index in [0.717, 1.165) is 18.5 Å². The van der Waals surface area contributed by atoms with Gasteiger partial charge in [-0.05, 0) is 30.7 Å². The minimum absolute atomic E-state index is 0.380. The summed E-state index contributed by atoms with van der Waals surface area (Å²) in [6.45, 7) is 4.39. The lowest BCUT2D eigenvalue weighted by Gasteiger charge is -2.40. The molecule has 0 amide bonds. The van der Waals surface area contributed by atoms with Crippen molar-refractivity contribution in [1.82, 2.24) is 9.78 Å². The van der Waals surface area contributed by atoms with Gasteiger partial charge in [0.25, 0.3) is 0 Å². The SMILES string of the molecule is CC1CCC(C)C(O)(Cc2ccn(C)n2)C1. The van der Waals surface area contributed by atoms with Gasteiger partial charge in [-0.3, -0.25) is 4.68 Å². The van der Waals surface area contributed by atoms with E-state index >= 15 is 0 Å². The van der Waals surface area contributed by atoms with Crippen LogP contribution in [0.2, 0.25) is 0 Å². The van der Waals surface area contributed by atoms with Gasteiger partial charge in [-0.2, -0.15) is 5.10 Å². The average molecular weight is 222 g/mol. The fraction of sp³-hybridized carbons (Fsp3) is 0.769. The van der Waals surface area contributed by atoms with Crippen molar-refractivity contribution < 1.29 is 5.11 Å². The first-order valence-corrected chi connectivity index (χ1v) is 6.20. The predicted octanol–water partition coefficient (Wildman–Crippen LogP) is 2.15. The van der Waals surface area contributed by atoms with E-state index in [1.807, 2.05) is 19.3 Å². The van der Waals surface area contributed by atoms with Crippen LogP contribution >= 0.6 is 0 Å². The van der Waals surface area contributed by atoms with E-state index in [1.165, 1.54) is 6.42 Å². The van der Waals surface area contributed by atoms with E-state index in [9.17, 15) is 5.11 Å². The highest BCUT2D eigenvalue weighted by Gasteiger charge is 2.39. The maximum Gasteiger partial charge on any atom is 0.0731 e. The highest BCUT2D eigenvalue weighted by atomic mass is 16.3. The van der Waals surface area contributed by atoms with E-state index in [4.69, 9.17) is 0 Å². The molecule has 1 aromatic heterocycles. The van der Waals surface area contributed by atoms with Crippen LogP contribution in [0.5, 0.6) is 0 Å². The molecule has 1 aromatic rings. The molecule has 1 aliphatic carbocycles. The Morgan fingerprint density at radius 2 is 2.25 bits per heavy atom. The number of rotatable bonds is 2. The van der Waals surface area contributed by atoms with Crippen molar-refractivity contribution >= 4 is 0 Å². The zero-order valence-electron chi connectivity index (χ0n) is 10.5. The molecule has 3 nitrogen and oxygen atoms in total. The zero-order valence-corrected chi connectivity index (χ0v) is 10.5. The van der Waals surface area contributed by atoms with Crippen LogP contribution in [0.25, 0.3) is 0 Å². The summed E-state index contributed by atoms with van der Waals surface area (Å²) in [5.74, 6) is 1.01. The fourth-order valence-electron chi connectivity index (χ4n) is 2.83. The topological polar surface area (TPSA) is 38.0 Å². The van der Waals surface area contributed by atoms with E-state index in [2.05, 4.69) is 18.9 Å². The second-order valence-corrected chi connectivity index (χ2v) is 5.55. The summed E-state index contributed by atoms with van der Waals surface area (Å²) in [5, 5.41) is 15.1. The van der Waals surface area contributed by atoms with Gasteiger partial charge in [0, 0.05) is 19.7 Å². The third-order valence-electron chi connectivity index (χ3n) is 3.97. The Kier molecular flexibility index (Phi) is 3.06. The average Bonchev–Trinajstić information content (AvgIpc) is 2.58. The van der Waals surface area contributed by atoms with Gasteiger partial charge in [0.2, 0.25) is 0 Å². The van der Waals surface area contributed by atoms with Crippen molar-refractivity contribution in [2.45, 2.75) is 45.1 Å². The molecule has 16 heavy (non-hydrogen) atoms. The van der Waals surface area contributed by atoms with Crippen LogP contribution in [0.3, 0.4) is 0 Å². The molecule has 1 fully saturated rings. The van der Waals surface area contributed by atoms with Gasteiger partial charge in [0.1, 0.15) is 0 Å². The maximum atomic E-state index is 10.7. The Morgan fingerprint density at radius 1 is 1.50 bits per heavy atom. The molecule has 1 heterocycles. The Balaban J connectivity index is 2.11. The summed E-state index contributed by atoms with van der Waals surface area (Å²) in [6.07, 6.45) is 5.91. The third kappa shape index (κ3) is 2.29. The van der Waals surface area contributed by atoms with Gasteiger partial charge in [-0.1, -0.05) is 20.3 Å². The second kappa shape index (κ2) is 4.21. The summed E-state index contributed by atoms with van der Waals surface area (Å²) in [4.78, 5) is 0. The lowest BCUT2D eigenvalue weighted by molar-refractivity contribution is -0.0567. The summed E-state index contributed by atoms with van der Waals surface area (Å²) in [6, 6.07) is 2.00. The molecule has 1 saturated carbocycles. The van der Waals surface area contributed by atoms with Gasteiger partial charge in [0.05, 0.1) is 11.3 Å². The maximum absolute atomic E-state index is 10.7. The van der Waals surface area contributed by atoms with E-state index < -0.39 is 5.60 Å². The normalized spacial score (nSPS) is 35.2. The van der Waals surface area contributed by atoms with Crippen LogP contribution in [0.15, 0.2) is 12.3 Å². The minimum Gasteiger partial charge on any atom is -0.389 e. The van der Waals surface area contributed by atoms with Crippen LogP contribution in [0.4, 0.5) is 0 Å². The highest BCUT2D eigenvalue weighted by Crippen LogP contribution is 2.38. The molecular weight excluding hydrogens is 200 g/mol. The number of hydrogen-bond acceptors (Lipinski definition) is 2. The third-order valence-corrected chi connectivity index (χ3v) is 3.97. The number of aromatic nitrogens is 2. The zero-order chi connectivity index (χ0) is 11.8. The van der Waals surface area contributed by atoms with Crippen LogP contribution in [-0.2, 0) is 13.5 Å². The molecule has 3 atom stereocenters. The summed E-state index contributed by atoms with van der Waals surface area (Å²) < 4.78 is 1.80. The van der Waals surface area contributed by atoms with Crippen molar-refractivity contribution in [3.63, 3.8) is 0 Å². The van der Waals surface area contributed by atoms with Gasteiger partial charge in [-0.15, -0.1) is 0 Å². The van der Waals surface area contributed by atoms with Crippen LogP contribution < -0.4 is 0 Å². The van der Waals surface area contributed by atoms with E-state index in [1.54, 1.807) is 4.68 Å². The standard InChI is InChI=1S/C13H22N2O/c1-10-4-5-11(2)13(16,8-10)9-12-6-7-15(3)14-12/h6-7,10-11,16H,4-5,8-9H2,1-3H3. The molecule has 2 rings (SSSR count). The molecule has 3 heteroatoms. The molecule has 0 bridgehead atoms. The first-order valence-electron chi connectivity index (χ1n) is 6.20. The van der Waals surface area contributed by atoms with Gasteiger partial charge in [-0.25, -0.2) is 0 Å².